The summed E-state index contributed by atoms with van der Waals surface area (Å²) >= 11 is 0. The van der Waals surface area contributed by atoms with Gasteiger partial charge in [-0.15, -0.1) is 0 Å². The number of nitrogens with zero attached hydrogens (tertiary/aromatic N) is 5. The van der Waals surface area contributed by atoms with E-state index >= 15 is 0 Å². The van der Waals surface area contributed by atoms with Gasteiger partial charge in [-0.05, 0) is 226 Å². The topological polar surface area (TPSA) is 21.3 Å². The van der Waals surface area contributed by atoms with Crippen LogP contribution in [0.2, 0.25) is 0 Å². The first-order valence-corrected chi connectivity index (χ1v) is 39.0. The van der Waals surface area contributed by atoms with Crippen molar-refractivity contribution < 1.29 is 0 Å². The van der Waals surface area contributed by atoms with Gasteiger partial charge >= 0.3 is 0 Å². The fourth-order valence-corrected chi connectivity index (χ4v) is 17.5. The Morgan fingerprint density at radius 3 is 0.870 bits per heavy atom. The van der Waals surface area contributed by atoms with Gasteiger partial charge in [-0.2, -0.15) is 0 Å². The number of para-hydroxylation sites is 2. The Balaban J connectivity index is 1.02. The van der Waals surface area contributed by atoms with E-state index in [1.165, 1.54) is 126 Å². The molecule has 18 rings (SSSR count). The minimum absolute atomic E-state index is 0.0506. The van der Waals surface area contributed by atoms with Crippen molar-refractivity contribution in [3.63, 3.8) is 0 Å². The van der Waals surface area contributed by atoms with Gasteiger partial charge in [0.25, 0.3) is 6.71 Å². The Kier molecular flexibility index (Phi) is 15.4. The molecular weight excluding hydrogens is 1310 g/mol. The van der Waals surface area contributed by atoms with Gasteiger partial charge in [-0.3, -0.25) is 0 Å². The van der Waals surface area contributed by atoms with Gasteiger partial charge in [0.1, 0.15) is 0 Å². The molecule has 0 spiro atoms. The summed E-state index contributed by atoms with van der Waals surface area (Å²) in [6, 6.07) is 104. The van der Waals surface area contributed by atoms with Gasteiger partial charge in [0, 0.05) is 77.8 Å². The van der Waals surface area contributed by atoms with E-state index in [0.717, 1.165) is 62.2 Å². The molecule has 108 heavy (non-hydrogen) atoms. The van der Waals surface area contributed by atoms with Crippen molar-refractivity contribution in [1.29, 1.82) is 0 Å². The van der Waals surface area contributed by atoms with Crippen LogP contribution in [0.4, 0.5) is 34.1 Å². The van der Waals surface area contributed by atoms with Gasteiger partial charge in [0.15, 0.2) is 0 Å². The highest BCUT2D eigenvalue weighted by atomic mass is 15.2. The maximum Gasteiger partial charge on any atom is 0.252 e. The van der Waals surface area contributed by atoms with Crippen LogP contribution in [0.25, 0.3) is 105 Å². The Hall–Kier alpha value is -11.1. The number of fused-ring (bicyclic) bond motifs is 13. The second-order valence-corrected chi connectivity index (χ2v) is 37.2. The first kappa shape index (κ1) is 68.7. The molecule has 0 saturated carbocycles. The Morgan fingerprint density at radius 2 is 0.509 bits per heavy atom. The third kappa shape index (κ3) is 11.2. The number of aromatic nitrogens is 3. The molecule has 3 aromatic heterocycles. The highest BCUT2D eigenvalue weighted by Crippen LogP contribution is 2.51. The molecule has 13 aromatic carbocycles. The fraction of sp³-hybridized carbons (Fsp3) is 0.235. The van der Waals surface area contributed by atoms with E-state index in [9.17, 15) is 0 Å². The maximum absolute atomic E-state index is 2.71. The smallest absolute Gasteiger partial charge is 0.252 e. The fourth-order valence-electron chi connectivity index (χ4n) is 17.5. The minimum atomic E-state index is -0.217. The van der Waals surface area contributed by atoms with Crippen molar-refractivity contribution in [2.75, 3.05) is 9.80 Å². The first-order valence-electron chi connectivity index (χ1n) is 39.0. The Bertz CT molecular complexity index is 6080. The summed E-state index contributed by atoms with van der Waals surface area (Å²) in [5.74, 6) is 0. The molecule has 5 heterocycles. The molecule has 5 nitrogen and oxygen atoms in total. The van der Waals surface area contributed by atoms with Crippen molar-refractivity contribution in [3.05, 3.63) is 300 Å². The van der Waals surface area contributed by atoms with Gasteiger partial charge in [-0.25, -0.2) is 0 Å². The summed E-state index contributed by atoms with van der Waals surface area (Å²) in [4.78, 5) is 5.41. The normalized spacial score (nSPS) is 13.6. The zero-order valence-corrected chi connectivity index (χ0v) is 66.2. The van der Waals surface area contributed by atoms with Crippen molar-refractivity contribution in [2.45, 2.75) is 157 Å². The Labute approximate surface area is 638 Å². The molecule has 0 unspecified atom stereocenters. The molecule has 0 amide bonds. The molecule has 2 aliphatic rings. The third-order valence-electron chi connectivity index (χ3n) is 23.7. The molecule has 0 bridgehead atoms. The average Bonchev–Trinajstić information content (AvgIpc) is 0.869. The quantitative estimate of drug-likeness (QED) is 0.148. The minimum Gasteiger partial charge on any atom is -0.311 e. The van der Waals surface area contributed by atoms with Crippen molar-refractivity contribution in [2.24, 2.45) is 0 Å². The lowest BCUT2D eigenvalue weighted by molar-refractivity contribution is 0.568. The lowest BCUT2D eigenvalue weighted by Crippen LogP contribution is -2.61. The van der Waals surface area contributed by atoms with Crippen LogP contribution in [0.3, 0.4) is 0 Å². The number of anilines is 6. The summed E-state index contributed by atoms with van der Waals surface area (Å²) in [5, 5.41) is 7.43. The molecule has 0 saturated heterocycles. The molecule has 0 radical (unpaired) electrons. The van der Waals surface area contributed by atoms with Crippen LogP contribution in [0.1, 0.15) is 158 Å². The van der Waals surface area contributed by atoms with Crippen LogP contribution in [-0.4, -0.2) is 20.4 Å². The van der Waals surface area contributed by atoms with E-state index in [0.29, 0.717) is 0 Å². The average molecular weight is 1400 g/mol. The SMILES string of the molecule is CC(C)(C)c1cc(N2c3cc(-n4c5ccccc5c5ccccc54)ccc3B3c4ccc(-n5c6ccc(C(C)(C)C)cc6c6cc(C(C)(C)C)ccc65)cc4N(c4cc(C(C)(C)C)cc(C(C)(C)C)c4)c4cc(-n5c6ccc(-c7ccccc7)cc6c6cc(-c7ccccc7)ccc65)cc2c43)cc(C(C)(C)C)c1. The van der Waals surface area contributed by atoms with Crippen molar-refractivity contribution in [3.8, 4) is 39.3 Å². The molecule has 2 aliphatic heterocycles. The lowest BCUT2D eigenvalue weighted by Gasteiger charge is -2.45. The van der Waals surface area contributed by atoms with E-state index in [2.05, 4.69) is 415 Å². The van der Waals surface area contributed by atoms with Crippen molar-refractivity contribution in [1.82, 2.24) is 13.7 Å². The predicted octanol–water partition coefficient (Wildman–Crippen LogP) is 26.2. The highest BCUT2D eigenvalue weighted by Gasteiger charge is 2.45. The number of hydrogen-bond donors (Lipinski definition) is 0. The molecule has 16 aromatic rings. The molecular formula is C102H98BN5. The van der Waals surface area contributed by atoms with Crippen LogP contribution in [0.5, 0.6) is 0 Å². The second kappa shape index (κ2) is 24.2. The van der Waals surface area contributed by atoms with Gasteiger partial charge in [-0.1, -0.05) is 270 Å². The van der Waals surface area contributed by atoms with E-state index in [1.54, 1.807) is 0 Å². The molecule has 0 aliphatic carbocycles. The van der Waals surface area contributed by atoms with Crippen LogP contribution in [-0.2, 0) is 32.5 Å². The largest absolute Gasteiger partial charge is 0.311 e. The molecule has 0 atom stereocenters. The van der Waals surface area contributed by atoms with Crippen LogP contribution in [0, 0.1) is 0 Å². The second-order valence-electron chi connectivity index (χ2n) is 37.2. The number of hydrogen-bond acceptors (Lipinski definition) is 2. The monoisotopic (exact) mass is 1400 g/mol. The van der Waals surface area contributed by atoms with E-state index in [-0.39, 0.29) is 39.2 Å². The molecule has 0 N–H and O–H groups in total. The highest BCUT2D eigenvalue weighted by molar-refractivity contribution is 7.00. The summed E-state index contributed by atoms with van der Waals surface area (Å²) < 4.78 is 7.68. The van der Waals surface area contributed by atoms with Crippen molar-refractivity contribution >= 4 is 123 Å². The summed E-state index contributed by atoms with van der Waals surface area (Å²) in [5.41, 5.74) is 32.8. The molecule has 6 heteroatoms. The van der Waals surface area contributed by atoms with E-state index in [4.69, 9.17) is 0 Å². The zero-order valence-electron chi connectivity index (χ0n) is 66.2. The Morgan fingerprint density at radius 1 is 0.204 bits per heavy atom. The summed E-state index contributed by atoms with van der Waals surface area (Å²) in [6.45, 7) is 42.4. The number of benzene rings is 13. The summed E-state index contributed by atoms with van der Waals surface area (Å²) in [7, 11) is 0. The van der Waals surface area contributed by atoms with Crippen LogP contribution >= 0.6 is 0 Å². The number of rotatable bonds is 7. The molecule has 534 valence electrons. The van der Waals surface area contributed by atoms with Crippen LogP contribution in [0.15, 0.2) is 267 Å². The predicted molar refractivity (Wildman–Crippen MR) is 467 cm³/mol. The van der Waals surface area contributed by atoms with Gasteiger partial charge in [0.2, 0.25) is 0 Å². The lowest BCUT2D eigenvalue weighted by atomic mass is 9.33. The van der Waals surface area contributed by atoms with Gasteiger partial charge < -0.3 is 23.5 Å². The maximum atomic E-state index is 2.71. The van der Waals surface area contributed by atoms with E-state index in [1.807, 2.05) is 0 Å². The summed E-state index contributed by atoms with van der Waals surface area (Å²) in [6.07, 6.45) is 0. The third-order valence-corrected chi connectivity index (χ3v) is 23.7. The standard InChI is InChI=1S/C102H98BN5/c1-97(2,3)67-39-47-90-82(57-67)83-58-68(98(4,5)6)40-48-91(83)105(90)74-42-44-85-93(60-74)108(76-55-71(101(13,14)15)52-72(56-76)102(16,17)18)95-62-77(106-88-45-37-65(63-29-21-19-22-30-63)49-80(88)81-50-66(38-46-89(81)106)64-31-23-20-24-32-64)61-94-96(95)103(85)84-43-41-73(104-86-35-27-25-33-78(86)79-34-26-28-36-87(79)104)59-92(84)107(94)75-53-69(99(7,8)9)51-70(54-75)100(10,11)12/h19-62H,1-18H3. The van der Waals surface area contributed by atoms with E-state index < -0.39 is 0 Å². The zero-order chi connectivity index (χ0) is 75.2. The molecule has 0 fully saturated rings. The first-order chi connectivity index (χ1) is 51.3. The van der Waals surface area contributed by atoms with Crippen LogP contribution < -0.4 is 26.2 Å². The van der Waals surface area contributed by atoms with Gasteiger partial charge in [0.05, 0.1) is 38.8 Å².